The molecule has 0 aliphatic carbocycles. The monoisotopic (exact) mass is 416 g/mol. The first kappa shape index (κ1) is 20.0. The van der Waals surface area contributed by atoms with Crippen LogP contribution < -0.4 is 10.6 Å². The lowest BCUT2D eigenvalue weighted by Gasteiger charge is -2.06. The SMILES string of the molecule is O=C(NCc1ccc(Cn2cncn2)cc1)C(=O)Nc1ncn(Cc2ccccc2)n1. The largest absolute Gasteiger partial charge is 0.344 e. The van der Waals surface area contributed by atoms with Crippen LogP contribution in [0, 0.1) is 0 Å². The molecule has 2 N–H and O–H groups in total. The number of amides is 2. The molecule has 0 aliphatic rings. The van der Waals surface area contributed by atoms with Gasteiger partial charge >= 0.3 is 11.8 Å². The van der Waals surface area contributed by atoms with Gasteiger partial charge in [0.05, 0.1) is 13.1 Å². The average Bonchev–Trinajstić information content (AvgIpc) is 3.46. The summed E-state index contributed by atoms with van der Waals surface area (Å²) in [5.74, 6) is -1.50. The predicted octanol–water partition coefficient (Wildman–Crippen LogP) is 1.22. The molecule has 156 valence electrons. The standard InChI is InChI=1S/C21H20N8O2/c30-19(23-10-16-6-8-18(9-7-16)11-28-14-22-13-25-28)20(31)26-21-24-15-29(27-21)12-17-4-2-1-3-5-17/h1-9,13-15H,10-12H2,(H,23,30)(H,26,27,31). The molecular weight excluding hydrogens is 396 g/mol. The topological polar surface area (TPSA) is 120 Å². The van der Waals surface area contributed by atoms with E-state index in [4.69, 9.17) is 0 Å². The summed E-state index contributed by atoms with van der Waals surface area (Å²) < 4.78 is 3.31. The Hall–Kier alpha value is -4.34. The number of aromatic nitrogens is 6. The summed E-state index contributed by atoms with van der Waals surface area (Å²) in [4.78, 5) is 32.1. The lowest BCUT2D eigenvalue weighted by molar-refractivity contribution is -0.136. The molecule has 0 saturated heterocycles. The summed E-state index contributed by atoms with van der Waals surface area (Å²) >= 11 is 0. The zero-order valence-electron chi connectivity index (χ0n) is 16.5. The second kappa shape index (κ2) is 9.44. The Bertz CT molecular complexity index is 1140. The number of rotatable bonds is 7. The molecule has 0 aliphatic heterocycles. The number of benzene rings is 2. The van der Waals surface area contributed by atoms with E-state index in [0.29, 0.717) is 13.1 Å². The maximum atomic E-state index is 12.1. The minimum Gasteiger partial charge on any atom is -0.344 e. The Morgan fingerprint density at radius 3 is 2.26 bits per heavy atom. The molecule has 31 heavy (non-hydrogen) atoms. The van der Waals surface area contributed by atoms with Crippen molar-refractivity contribution in [2.24, 2.45) is 0 Å². The van der Waals surface area contributed by atoms with Gasteiger partial charge in [0, 0.05) is 6.54 Å². The van der Waals surface area contributed by atoms with Crippen LogP contribution in [0.2, 0.25) is 0 Å². The second-order valence-corrected chi connectivity index (χ2v) is 6.80. The van der Waals surface area contributed by atoms with E-state index in [1.165, 1.54) is 12.7 Å². The molecule has 4 aromatic rings. The third-order valence-electron chi connectivity index (χ3n) is 4.44. The van der Waals surface area contributed by atoms with Crippen LogP contribution in [0.5, 0.6) is 0 Å². The van der Waals surface area contributed by atoms with Crippen molar-refractivity contribution in [3.05, 3.63) is 90.3 Å². The van der Waals surface area contributed by atoms with Crippen molar-refractivity contribution in [1.29, 1.82) is 0 Å². The van der Waals surface area contributed by atoms with Gasteiger partial charge in [0.25, 0.3) is 0 Å². The smallest absolute Gasteiger partial charge is 0.316 e. The third-order valence-corrected chi connectivity index (χ3v) is 4.44. The number of nitrogens with zero attached hydrogens (tertiary/aromatic N) is 6. The van der Waals surface area contributed by atoms with E-state index >= 15 is 0 Å². The van der Waals surface area contributed by atoms with Crippen LogP contribution in [0.25, 0.3) is 0 Å². The van der Waals surface area contributed by atoms with Crippen molar-refractivity contribution in [3.63, 3.8) is 0 Å². The highest BCUT2D eigenvalue weighted by Gasteiger charge is 2.15. The summed E-state index contributed by atoms with van der Waals surface area (Å²) in [5, 5.41) is 13.2. The van der Waals surface area contributed by atoms with E-state index in [1.54, 1.807) is 15.7 Å². The molecule has 2 aromatic carbocycles. The number of hydrogen-bond donors (Lipinski definition) is 2. The van der Waals surface area contributed by atoms with Crippen LogP contribution in [0.4, 0.5) is 5.95 Å². The van der Waals surface area contributed by atoms with Crippen LogP contribution >= 0.6 is 0 Å². The number of carbonyl (C=O) groups excluding carboxylic acids is 2. The first-order valence-corrected chi connectivity index (χ1v) is 9.58. The molecule has 2 aromatic heterocycles. The maximum Gasteiger partial charge on any atom is 0.316 e. The molecule has 0 radical (unpaired) electrons. The first-order valence-electron chi connectivity index (χ1n) is 9.58. The van der Waals surface area contributed by atoms with E-state index in [1.807, 2.05) is 54.6 Å². The lowest BCUT2D eigenvalue weighted by Crippen LogP contribution is -2.35. The number of nitrogens with one attached hydrogen (secondary N) is 2. The highest BCUT2D eigenvalue weighted by molar-refractivity contribution is 6.39. The van der Waals surface area contributed by atoms with Crippen LogP contribution in [-0.2, 0) is 29.2 Å². The average molecular weight is 416 g/mol. The van der Waals surface area contributed by atoms with E-state index < -0.39 is 11.8 Å². The van der Waals surface area contributed by atoms with Crippen LogP contribution in [0.1, 0.15) is 16.7 Å². The van der Waals surface area contributed by atoms with Crippen LogP contribution in [0.3, 0.4) is 0 Å². The van der Waals surface area contributed by atoms with Crippen LogP contribution in [-0.4, -0.2) is 41.3 Å². The van der Waals surface area contributed by atoms with Crippen LogP contribution in [0.15, 0.2) is 73.6 Å². The summed E-state index contributed by atoms with van der Waals surface area (Å²) in [5.41, 5.74) is 2.97. The minimum absolute atomic E-state index is 0.0774. The van der Waals surface area contributed by atoms with Gasteiger partial charge in [-0.1, -0.05) is 54.6 Å². The number of carbonyl (C=O) groups is 2. The Morgan fingerprint density at radius 2 is 1.52 bits per heavy atom. The third kappa shape index (κ3) is 5.60. The van der Waals surface area contributed by atoms with Gasteiger partial charge in [-0.2, -0.15) is 5.10 Å². The van der Waals surface area contributed by atoms with Crippen molar-refractivity contribution in [1.82, 2.24) is 34.8 Å². The van der Waals surface area contributed by atoms with E-state index in [2.05, 4.69) is 30.8 Å². The molecule has 0 unspecified atom stereocenters. The molecule has 4 rings (SSSR count). The zero-order valence-corrected chi connectivity index (χ0v) is 16.5. The Balaban J connectivity index is 1.25. The fourth-order valence-corrected chi connectivity index (χ4v) is 2.88. The van der Waals surface area contributed by atoms with Gasteiger partial charge in [0.15, 0.2) is 0 Å². The molecule has 0 saturated carbocycles. The van der Waals surface area contributed by atoms with Crippen molar-refractivity contribution < 1.29 is 9.59 Å². The molecule has 10 heteroatoms. The van der Waals surface area contributed by atoms with E-state index in [9.17, 15) is 9.59 Å². The molecule has 0 bridgehead atoms. The fraction of sp³-hybridized carbons (Fsp3) is 0.143. The molecule has 0 spiro atoms. The Kier molecular flexibility index (Phi) is 6.08. The molecule has 2 amide bonds. The summed E-state index contributed by atoms with van der Waals surface area (Å²) in [6, 6.07) is 17.4. The van der Waals surface area contributed by atoms with Gasteiger partial charge in [-0.3, -0.25) is 14.9 Å². The molecule has 0 fully saturated rings. The molecular formula is C21H20N8O2. The normalized spacial score (nSPS) is 10.6. The second-order valence-electron chi connectivity index (χ2n) is 6.80. The highest BCUT2D eigenvalue weighted by Crippen LogP contribution is 2.06. The molecule has 2 heterocycles. The van der Waals surface area contributed by atoms with Crippen molar-refractivity contribution in [3.8, 4) is 0 Å². The van der Waals surface area contributed by atoms with Crippen molar-refractivity contribution in [2.75, 3.05) is 5.32 Å². The van der Waals surface area contributed by atoms with Crippen molar-refractivity contribution in [2.45, 2.75) is 19.6 Å². The number of hydrogen-bond acceptors (Lipinski definition) is 6. The minimum atomic E-state index is -0.819. The van der Waals surface area contributed by atoms with Gasteiger partial charge in [0.1, 0.15) is 19.0 Å². The molecule has 0 atom stereocenters. The molecule has 10 nitrogen and oxygen atoms in total. The summed E-state index contributed by atoms with van der Waals surface area (Å²) in [7, 11) is 0. The highest BCUT2D eigenvalue weighted by atomic mass is 16.2. The van der Waals surface area contributed by atoms with E-state index in [-0.39, 0.29) is 12.5 Å². The van der Waals surface area contributed by atoms with Gasteiger partial charge < -0.3 is 5.32 Å². The number of anilines is 1. The predicted molar refractivity (Wildman–Crippen MR) is 112 cm³/mol. The quantitative estimate of drug-likeness (QED) is 0.437. The van der Waals surface area contributed by atoms with E-state index in [0.717, 1.165) is 16.7 Å². The van der Waals surface area contributed by atoms with Gasteiger partial charge in [0.2, 0.25) is 5.95 Å². The first-order chi connectivity index (χ1) is 15.2. The fourth-order valence-electron chi connectivity index (χ4n) is 2.88. The van der Waals surface area contributed by atoms with Crippen molar-refractivity contribution >= 4 is 17.8 Å². The Morgan fingerprint density at radius 1 is 0.806 bits per heavy atom. The summed E-state index contributed by atoms with van der Waals surface area (Å²) in [6.07, 6.45) is 4.63. The lowest BCUT2D eigenvalue weighted by atomic mass is 10.1. The van der Waals surface area contributed by atoms with Gasteiger partial charge in [-0.15, -0.1) is 5.10 Å². The maximum absolute atomic E-state index is 12.1. The van der Waals surface area contributed by atoms with Gasteiger partial charge in [-0.05, 0) is 16.7 Å². The van der Waals surface area contributed by atoms with Gasteiger partial charge in [-0.25, -0.2) is 19.3 Å². The summed E-state index contributed by atoms with van der Waals surface area (Å²) in [6.45, 7) is 1.35. The Labute approximate surface area is 178 Å². The zero-order chi connectivity index (χ0) is 21.5.